The van der Waals surface area contributed by atoms with Crippen molar-refractivity contribution >= 4 is 5.69 Å². The summed E-state index contributed by atoms with van der Waals surface area (Å²) in [7, 11) is 0. The van der Waals surface area contributed by atoms with Gasteiger partial charge in [-0.05, 0) is 43.5 Å². The van der Waals surface area contributed by atoms with Crippen LogP contribution in [0.1, 0.15) is 32.1 Å². The Labute approximate surface area is 96.2 Å². The maximum absolute atomic E-state index is 9.92. The van der Waals surface area contributed by atoms with Crippen molar-refractivity contribution < 1.29 is 9.84 Å². The van der Waals surface area contributed by atoms with Crippen LogP contribution in [0.3, 0.4) is 0 Å². The third kappa shape index (κ3) is 2.89. The Morgan fingerprint density at radius 2 is 1.75 bits per heavy atom. The van der Waals surface area contributed by atoms with E-state index in [1.165, 1.54) is 6.42 Å². The molecule has 1 aromatic carbocycles. The molecule has 1 fully saturated rings. The molecule has 0 aromatic heterocycles. The maximum atomic E-state index is 9.92. The van der Waals surface area contributed by atoms with Crippen LogP contribution in [0.25, 0.3) is 0 Å². The number of rotatable bonds is 2. The quantitative estimate of drug-likeness (QED) is 0.595. The minimum Gasteiger partial charge on any atom is -0.488 e. The van der Waals surface area contributed by atoms with E-state index in [1.807, 2.05) is 24.3 Å². The van der Waals surface area contributed by atoms with Gasteiger partial charge in [-0.25, -0.2) is 0 Å². The third-order valence-corrected chi connectivity index (χ3v) is 3.09. The van der Waals surface area contributed by atoms with Crippen molar-refractivity contribution in [3.63, 3.8) is 0 Å². The lowest BCUT2D eigenvalue weighted by molar-refractivity contribution is 0.0320. The van der Waals surface area contributed by atoms with E-state index < -0.39 is 0 Å². The SMILES string of the molecule is Nc1ccc(OC2CCCCCC2O)cc1. The number of anilines is 1. The first-order chi connectivity index (χ1) is 7.75. The summed E-state index contributed by atoms with van der Waals surface area (Å²) in [6.45, 7) is 0. The lowest BCUT2D eigenvalue weighted by atomic mass is 10.1. The smallest absolute Gasteiger partial charge is 0.124 e. The van der Waals surface area contributed by atoms with Crippen molar-refractivity contribution in [3.8, 4) is 5.75 Å². The largest absolute Gasteiger partial charge is 0.488 e. The molecule has 1 aliphatic carbocycles. The van der Waals surface area contributed by atoms with Gasteiger partial charge in [-0.2, -0.15) is 0 Å². The zero-order valence-corrected chi connectivity index (χ0v) is 9.43. The van der Waals surface area contributed by atoms with Crippen LogP contribution in [0.15, 0.2) is 24.3 Å². The van der Waals surface area contributed by atoms with E-state index in [4.69, 9.17) is 10.5 Å². The molecule has 88 valence electrons. The maximum Gasteiger partial charge on any atom is 0.124 e. The van der Waals surface area contributed by atoms with Gasteiger partial charge in [0.25, 0.3) is 0 Å². The first kappa shape index (κ1) is 11.3. The Hall–Kier alpha value is -1.22. The fourth-order valence-corrected chi connectivity index (χ4v) is 2.11. The van der Waals surface area contributed by atoms with Gasteiger partial charge in [-0.15, -0.1) is 0 Å². The van der Waals surface area contributed by atoms with E-state index in [9.17, 15) is 5.11 Å². The van der Waals surface area contributed by atoms with E-state index in [0.29, 0.717) is 0 Å². The van der Waals surface area contributed by atoms with Crippen LogP contribution in [0.4, 0.5) is 5.69 Å². The van der Waals surface area contributed by atoms with Crippen LogP contribution in [0.5, 0.6) is 5.75 Å². The molecular formula is C13H19NO2. The number of aliphatic hydroxyl groups excluding tert-OH is 1. The molecule has 1 aliphatic rings. The minimum atomic E-state index is -0.333. The van der Waals surface area contributed by atoms with Crippen molar-refractivity contribution in [2.45, 2.75) is 44.3 Å². The highest BCUT2D eigenvalue weighted by Gasteiger charge is 2.22. The fourth-order valence-electron chi connectivity index (χ4n) is 2.11. The molecule has 0 spiro atoms. The highest BCUT2D eigenvalue weighted by Crippen LogP contribution is 2.23. The summed E-state index contributed by atoms with van der Waals surface area (Å²) in [5.41, 5.74) is 6.34. The Kier molecular flexibility index (Phi) is 3.67. The summed E-state index contributed by atoms with van der Waals surface area (Å²) >= 11 is 0. The average Bonchev–Trinajstić information content (AvgIpc) is 2.48. The summed E-state index contributed by atoms with van der Waals surface area (Å²) in [5.74, 6) is 0.792. The minimum absolute atomic E-state index is 0.0638. The molecule has 1 saturated carbocycles. The zero-order valence-electron chi connectivity index (χ0n) is 9.43. The highest BCUT2D eigenvalue weighted by atomic mass is 16.5. The van der Waals surface area contributed by atoms with Crippen LogP contribution < -0.4 is 10.5 Å². The Morgan fingerprint density at radius 1 is 1.06 bits per heavy atom. The summed E-state index contributed by atoms with van der Waals surface area (Å²) in [6, 6.07) is 7.34. The number of aliphatic hydroxyl groups is 1. The molecule has 3 heteroatoms. The third-order valence-electron chi connectivity index (χ3n) is 3.09. The summed E-state index contributed by atoms with van der Waals surface area (Å²) in [6.07, 6.45) is 4.81. The van der Waals surface area contributed by atoms with Gasteiger partial charge in [0.2, 0.25) is 0 Å². The molecule has 2 atom stereocenters. The molecule has 0 bridgehead atoms. The molecule has 0 heterocycles. The van der Waals surface area contributed by atoms with E-state index >= 15 is 0 Å². The lowest BCUT2D eigenvalue weighted by Gasteiger charge is -2.22. The number of hydrogen-bond acceptors (Lipinski definition) is 3. The normalized spacial score (nSPS) is 26.1. The summed E-state index contributed by atoms with van der Waals surface area (Å²) < 4.78 is 5.80. The molecule has 0 aliphatic heterocycles. The van der Waals surface area contributed by atoms with Crippen LogP contribution in [0.2, 0.25) is 0 Å². The lowest BCUT2D eigenvalue weighted by Crippen LogP contribution is -2.30. The Balaban J connectivity index is 1.99. The molecule has 1 aromatic rings. The standard InChI is InChI=1S/C13H19NO2/c14-10-6-8-11(9-7-10)16-13-5-3-1-2-4-12(13)15/h6-9,12-13,15H,1-5,14H2. The van der Waals surface area contributed by atoms with Gasteiger partial charge in [0.05, 0.1) is 6.10 Å². The van der Waals surface area contributed by atoms with Crippen LogP contribution in [-0.4, -0.2) is 17.3 Å². The molecule has 3 nitrogen and oxygen atoms in total. The topological polar surface area (TPSA) is 55.5 Å². The number of hydrogen-bond donors (Lipinski definition) is 2. The monoisotopic (exact) mass is 221 g/mol. The molecule has 0 amide bonds. The van der Waals surface area contributed by atoms with E-state index in [0.717, 1.165) is 37.1 Å². The van der Waals surface area contributed by atoms with Crippen LogP contribution in [0, 0.1) is 0 Å². The predicted molar refractivity (Wildman–Crippen MR) is 64.4 cm³/mol. The average molecular weight is 221 g/mol. The van der Waals surface area contributed by atoms with Crippen LogP contribution >= 0.6 is 0 Å². The van der Waals surface area contributed by atoms with Gasteiger partial charge >= 0.3 is 0 Å². The van der Waals surface area contributed by atoms with Gasteiger partial charge < -0.3 is 15.6 Å². The Morgan fingerprint density at radius 3 is 2.50 bits per heavy atom. The first-order valence-electron chi connectivity index (χ1n) is 5.96. The number of nitrogen functional groups attached to an aromatic ring is 1. The van der Waals surface area contributed by atoms with E-state index in [2.05, 4.69) is 0 Å². The molecule has 16 heavy (non-hydrogen) atoms. The van der Waals surface area contributed by atoms with Crippen molar-refractivity contribution in [1.29, 1.82) is 0 Å². The molecule has 2 unspecified atom stereocenters. The van der Waals surface area contributed by atoms with Gasteiger partial charge in [-0.1, -0.05) is 12.8 Å². The first-order valence-corrected chi connectivity index (χ1v) is 5.96. The van der Waals surface area contributed by atoms with Crippen molar-refractivity contribution in [1.82, 2.24) is 0 Å². The summed E-state index contributed by atoms with van der Waals surface area (Å²) in [5, 5.41) is 9.92. The van der Waals surface area contributed by atoms with Crippen molar-refractivity contribution in [2.75, 3.05) is 5.73 Å². The van der Waals surface area contributed by atoms with Gasteiger partial charge in [0, 0.05) is 5.69 Å². The van der Waals surface area contributed by atoms with Crippen molar-refractivity contribution in [2.24, 2.45) is 0 Å². The number of ether oxygens (including phenoxy) is 1. The fraction of sp³-hybridized carbons (Fsp3) is 0.538. The molecular weight excluding hydrogens is 202 g/mol. The Bertz CT molecular complexity index is 323. The second-order valence-electron chi connectivity index (χ2n) is 4.43. The number of nitrogens with two attached hydrogens (primary N) is 1. The van der Waals surface area contributed by atoms with Crippen molar-refractivity contribution in [3.05, 3.63) is 24.3 Å². The highest BCUT2D eigenvalue weighted by molar-refractivity contribution is 5.41. The molecule has 0 radical (unpaired) electrons. The van der Waals surface area contributed by atoms with Crippen LogP contribution in [-0.2, 0) is 0 Å². The second-order valence-corrected chi connectivity index (χ2v) is 4.43. The van der Waals surface area contributed by atoms with E-state index in [-0.39, 0.29) is 12.2 Å². The molecule has 3 N–H and O–H groups in total. The predicted octanol–water partition coefficient (Wildman–Crippen LogP) is 2.34. The van der Waals surface area contributed by atoms with Gasteiger partial charge in [0.1, 0.15) is 11.9 Å². The van der Waals surface area contributed by atoms with E-state index in [1.54, 1.807) is 0 Å². The molecule has 0 saturated heterocycles. The number of benzene rings is 1. The summed E-state index contributed by atoms with van der Waals surface area (Å²) in [4.78, 5) is 0. The van der Waals surface area contributed by atoms with Gasteiger partial charge in [0.15, 0.2) is 0 Å². The second kappa shape index (κ2) is 5.21. The zero-order chi connectivity index (χ0) is 11.4. The molecule has 2 rings (SSSR count). The van der Waals surface area contributed by atoms with Gasteiger partial charge in [-0.3, -0.25) is 0 Å².